The molecule has 0 saturated heterocycles. The average Bonchev–Trinajstić information content (AvgIpc) is 2.86. The summed E-state index contributed by atoms with van der Waals surface area (Å²) >= 11 is 12.1. The van der Waals surface area contributed by atoms with E-state index in [1.165, 1.54) is 19.1 Å². The van der Waals surface area contributed by atoms with Gasteiger partial charge in [0.2, 0.25) is 12.2 Å². The molecule has 0 atom stereocenters. The number of aromatic nitrogens is 2. The molecule has 0 aliphatic rings. The van der Waals surface area contributed by atoms with E-state index in [-0.39, 0.29) is 33.9 Å². The van der Waals surface area contributed by atoms with Gasteiger partial charge in [-0.15, -0.1) is 0 Å². The Balaban J connectivity index is 2.20. The van der Waals surface area contributed by atoms with Crippen molar-refractivity contribution in [1.29, 1.82) is 0 Å². The van der Waals surface area contributed by atoms with Crippen LogP contribution >= 0.6 is 23.2 Å². The van der Waals surface area contributed by atoms with Crippen LogP contribution in [0.5, 0.6) is 0 Å². The number of hydrogen-bond acceptors (Lipinski definition) is 3. The fraction of sp³-hybridized carbons (Fsp3) is 0.214. The van der Waals surface area contributed by atoms with Crippen LogP contribution in [0.2, 0.25) is 10.0 Å². The number of carbonyl (C=O) groups excluding carboxylic acids is 2. The summed E-state index contributed by atoms with van der Waals surface area (Å²) in [4.78, 5) is 23.2. The molecule has 0 saturated carbocycles. The zero-order valence-corrected chi connectivity index (χ0v) is 14.0. The van der Waals surface area contributed by atoms with Gasteiger partial charge in [-0.05, 0) is 12.1 Å². The number of aryl methyl sites for hydroxylation is 1. The Morgan fingerprint density at radius 2 is 1.96 bits per heavy atom. The minimum absolute atomic E-state index is 0.0555. The minimum Gasteiger partial charge on any atom is -0.324 e. The van der Waals surface area contributed by atoms with E-state index < -0.39 is 5.91 Å². The van der Waals surface area contributed by atoms with E-state index in [0.717, 1.165) is 0 Å². The summed E-state index contributed by atoms with van der Waals surface area (Å²) in [5.74, 6) is -0.903. The van der Waals surface area contributed by atoms with Crippen molar-refractivity contribution < 1.29 is 19.4 Å². The normalized spacial score (nSPS) is 10.5. The molecule has 0 aliphatic carbocycles. The highest BCUT2D eigenvalue weighted by atomic mass is 35.5. The molecular weight excluding hydrogens is 343 g/mol. The molecule has 7 nitrogen and oxygen atoms in total. The Morgan fingerprint density at radius 1 is 1.35 bits per heavy atom. The van der Waals surface area contributed by atoms with Gasteiger partial charge in [-0.2, -0.15) is 5.06 Å². The molecule has 0 unspecified atom stereocenters. The third-order valence-electron chi connectivity index (χ3n) is 2.95. The number of hydrogen-bond donors (Lipinski definition) is 2. The lowest BCUT2D eigenvalue weighted by molar-refractivity contribution is -0.671. The number of benzene rings is 1. The quantitative estimate of drug-likeness (QED) is 0.499. The van der Waals surface area contributed by atoms with Crippen LogP contribution in [-0.2, 0) is 23.2 Å². The number of nitrogens with zero attached hydrogens (tertiary/aromatic N) is 3. The lowest BCUT2D eigenvalue weighted by Gasteiger charge is -2.16. The van der Waals surface area contributed by atoms with Gasteiger partial charge in [0.25, 0.3) is 5.91 Å². The Kier molecular flexibility index (Phi) is 5.25. The standard InChI is InChI=1S/C14H14Cl2N4O3/c1-9(21)17-14-11(15)5-10(6-12(14)16)20(23)13(22)7-19-4-3-18(2)8-19/h3-6,8,23H,7H2,1-2H3/p+1. The van der Waals surface area contributed by atoms with Gasteiger partial charge in [-0.25, -0.2) is 9.13 Å². The van der Waals surface area contributed by atoms with Crippen LogP contribution in [0.1, 0.15) is 6.92 Å². The first-order chi connectivity index (χ1) is 10.8. The third kappa shape index (κ3) is 4.22. The number of amides is 2. The summed E-state index contributed by atoms with van der Waals surface area (Å²) < 4.78 is 3.38. The number of halogens is 2. The first-order valence-corrected chi connectivity index (χ1v) is 7.33. The highest BCUT2D eigenvalue weighted by Crippen LogP contribution is 2.35. The van der Waals surface area contributed by atoms with E-state index in [9.17, 15) is 14.8 Å². The number of nitrogens with one attached hydrogen (secondary N) is 1. The lowest BCUT2D eigenvalue weighted by Crippen LogP contribution is -2.31. The topological polar surface area (TPSA) is 78.5 Å². The van der Waals surface area contributed by atoms with Gasteiger partial charge in [-0.1, -0.05) is 23.2 Å². The maximum Gasteiger partial charge on any atom is 0.292 e. The Morgan fingerprint density at radius 3 is 2.43 bits per heavy atom. The first-order valence-electron chi connectivity index (χ1n) is 6.57. The summed E-state index contributed by atoms with van der Waals surface area (Å²) in [6, 6.07) is 2.68. The Hall–Kier alpha value is -2.09. The SMILES string of the molecule is CC(=O)Nc1c(Cl)cc(N(O)C(=O)Cn2cc[n+](C)c2)cc1Cl. The van der Waals surface area contributed by atoms with Crippen molar-refractivity contribution in [3.05, 3.63) is 40.9 Å². The molecule has 0 bridgehead atoms. The minimum atomic E-state index is -0.569. The zero-order chi connectivity index (χ0) is 17.1. The van der Waals surface area contributed by atoms with Gasteiger partial charge in [-0.3, -0.25) is 14.8 Å². The highest BCUT2D eigenvalue weighted by Gasteiger charge is 2.19. The van der Waals surface area contributed by atoms with Gasteiger partial charge < -0.3 is 5.32 Å². The Labute approximate surface area is 142 Å². The second-order valence-electron chi connectivity index (χ2n) is 4.92. The molecule has 1 aromatic heterocycles. The van der Waals surface area contributed by atoms with E-state index >= 15 is 0 Å². The first kappa shape index (κ1) is 17.3. The number of anilines is 2. The summed E-state index contributed by atoms with van der Waals surface area (Å²) in [5.41, 5.74) is 0.332. The number of imidazole rings is 1. The molecule has 122 valence electrons. The van der Waals surface area contributed by atoms with Crippen LogP contribution in [-0.4, -0.2) is 21.6 Å². The van der Waals surface area contributed by atoms with Crippen LogP contribution in [0.4, 0.5) is 11.4 Å². The van der Waals surface area contributed by atoms with Crippen molar-refractivity contribution in [3.8, 4) is 0 Å². The Bertz CT molecular complexity index is 737. The molecule has 0 radical (unpaired) electrons. The van der Waals surface area contributed by atoms with Crippen molar-refractivity contribution in [2.75, 3.05) is 10.4 Å². The summed E-state index contributed by atoms with van der Waals surface area (Å²) in [6.07, 6.45) is 5.17. The van der Waals surface area contributed by atoms with E-state index in [2.05, 4.69) is 5.32 Å². The van der Waals surface area contributed by atoms with Crippen molar-refractivity contribution in [2.24, 2.45) is 7.05 Å². The molecule has 2 rings (SSSR count). The molecular formula is C14H15Cl2N4O3+. The molecule has 9 heteroatoms. The smallest absolute Gasteiger partial charge is 0.292 e. The fourth-order valence-corrected chi connectivity index (χ4v) is 2.51. The molecule has 1 aromatic carbocycles. The average molecular weight is 358 g/mol. The summed E-state index contributed by atoms with van der Waals surface area (Å²) in [7, 11) is 1.82. The fourth-order valence-electron chi connectivity index (χ4n) is 1.94. The van der Waals surface area contributed by atoms with Gasteiger partial charge in [0.1, 0.15) is 12.4 Å². The number of hydroxylamine groups is 1. The molecule has 2 amide bonds. The number of rotatable bonds is 4. The highest BCUT2D eigenvalue weighted by molar-refractivity contribution is 6.40. The predicted octanol–water partition coefficient (Wildman–Crippen LogP) is 2.00. The van der Waals surface area contributed by atoms with Crippen LogP contribution in [0, 0.1) is 0 Å². The molecule has 0 aliphatic heterocycles. The molecule has 0 fully saturated rings. The molecule has 2 N–H and O–H groups in total. The maximum atomic E-state index is 12.1. The van der Waals surface area contributed by atoms with E-state index in [1.807, 2.05) is 7.05 Å². The van der Waals surface area contributed by atoms with Gasteiger partial charge in [0.05, 0.1) is 28.5 Å². The van der Waals surface area contributed by atoms with Crippen molar-refractivity contribution in [3.63, 3.8) is 0 Å². The van der Waals surface area contributed by atoms with Crippen LogP contribution in [0.3, 0.4) is 0 Å². The monoisotopic (exact) mass is 357 g/mol. The van der Waals surface area contributed by atoms with Crippen LogP contribution < -0.4 is 14.9 Å². The summed E-state index contributed by atoms with van der Waals surface area (Å²) in [5, 5.41) is 13.2. The van der Waals surface area contributed by atoms with Gasteiger partial charge >= 0.3 is 0 Å². The second kappa shape index (κ2) is 6.99. The molecule has 1 heterocycles. The second-order valence-corrected chi connectivity index (χ2v) is 5.74. The zero-order valence-electron chi connectivity index (χ0n) is 12.5. The van der Waals surface area contributed by atoms with Crippen LogP contribution in [0.15, 0.2) is 30.9 Å². The molecule has 0 spiro atoms. The van der Waals surface area contributed by atoms with E-state index in [1.54, 1.807) is 27.9 Å². The van der Waals surface area contributed by atoms with Crippen LogP contribution in [0.25, 0.3) is 0 Å². The van der Waals surface area contributed by atoms with Gasteiger partial charge in [0.15, 0.2) is 6.54 Å². The summed E-state index contributed by atoms with van der Waals surface area (Å²) in [6.45, 7) is 1.26. The van der Waals surface area contributed by atoms with Crippen molar-refractivity contribution >= 4 is 46.4 Å². The maximum absolute atomic E-state index is 12.1. The van der Waals surface area contributed by atoms with E-state index in [4.69, 9.17) is 23.2 Å². The lowest BCUT2D eigenvalue weighted by atomic mass is 10.2. The third-order valence-corrected chi connectivity index (χ3v) is 3.55. The number of carbonyl (C=O) groups is 2. The van der Waals surface area contributed by atoms with Gasteiger partial charge in [0, 0.05) is 6.92 Å². The van der Waals surface area contributed by atoms with E-state index in [0.29, 0.717) is 5.06 Å². The molecule has 2 aromatic rings. The largest absolute Gasteiger partial charge is 0.324 e. The van der Waals surface area contributed by atoms with Crippen molar-refractivity contribution in [1.82, 2.24) is 4.57 Å². The molecule has 23 heavy (non-hydrogen) atoms. The van der Waals surface area contributed by atoms with Crippen molar-refractivity contribution in [2.45, 2.75) is 13.5 Å². The predicted molar refractivity (Wildman–Crippen MR) is 85.6 cm³/mol.